The Bertz CT molecular complexity index is 843. The molecule has 6 heteroatoms. The number of anilines is 2. The Labute approximate surface area is 174 Å². The summed E-state index contributed by atoms with van der Waals surface area (Å²) in [5, 5.41) is 5.92. The van der Waals surface area contributed by atoms with Gasteiger partial charge in [-0.15, -0.1) is 0 Å². The largest absolute Gasteiger partial charge is 0.325 e. The number of nitrogens with zero attached hydrogens (tertiary/aromatic N) is 1. The zero-order chi connectivity index (χ0) is 20.1. The average molecular weight is 444 g/mol. The number of carbonyl (C=O) groups excluding carboxylic acids is 2. The van der Waals surface area contributed by atoms with E-state index < -0.39 is 0 Å². The first-order valence-electron chi connectivity index (χ1n) is 9.59. The lowest BCUT2D eigenvalue weighted by Crippen LogP contribution is -2.41. The number of benzene rings is 2. The van der Waals surface area contributed by atoms with Crippen molar-refractivity contribution < 1.29 is 9.59 Å². The van der Waals surface area contributed by atoms with Crippen molar-refractivity contribution in [2.24, 2.45) is 5.92 Å². The van der Waals surface area contributed by atoms with E-state index in [1.165, 1.54) is 0 Å². The first kappa shape index (κ1) is 20.4. The van der Waals surface area contributed by atoms with Gasteiger partial charge in [0.15, 0.2) is 0 Å². The van der Waals surface area contributed by atoms with E-state index >= 15 is 0 Å². The second kappa shape index (κ2) is 9.24. The number of nitrogens with one attached hydrogen (secondary N) is 2. The molecule has 0 aromatic heterocycles. The summed E-state index contributed by atoms with van der Waals surface area (Å²) in [6.07, 6.45) is 2.15. The maximum Gasteiger partial charge on any atom is 0.321 e. The molecule has 148 valence electrons. The van der Waals surface area contributed by atoms with Crippen molar-refractivity contribution in [3.63, 3.8) is 0 Å². The molecule has 1 saturated heterocycles. The van der Waals surface area contributed by atoms with E-state index in [1.807, 2.05) is 61.2 Å². The fourth-order valence-electron chi connectivity index (χ4n) is 3.36. The minimum Gasteiger partial charge on any atom is -0.325 e. The van der Waals surface area contributed by atoms with Crippen molar-refractivity contribution in [3.8, 4) is 0 Å². The van der Waals surface area contributed by atoms with Crippen LogP contribution in [-0.4, -0.2) is 29.9 Å². The Kier molecular flexibility index (Phi) is 6.73. The van der Waals surface area contributed by atoms with Crippen LogP contribution in [0.4, 0.5) is 16.2 Å². The third kappa shape index (κ3) is 5.58. The summed E-state index contributed by atoms with van der Waals surface area (Å²) in [5.41, 5.74) is 3.90. The molecular formula is C22H26BrN3O2. The van der Waals surface area contributed by atoms with E-state index in [2.05, 4.69) is 26.6 Å². The van der Waals surface area contributed by atoms with Gasteiger partial charge in [-0.25, -0.2) is 4.79 Å². The maximum absolute atomic E-state index is 12.4. The minimum absolute atomic E-state index is 0.0205. The van der Waals surface area contributed by atoms with Crippen LogP contribution in [0.15, 0.2) is 46.9 Å². The predicted molar refractivity (Wildman–Crippen MR) is 117 cm³/mol. The summed E-state index contributed by atoms with van der Waals surface area (Å²) in [6, 6.07) is 13.6. The summed E-state index contributed by atoms with van der Waals surface area (Å²) < 4.78 is 0.892. The minimum atomic E-state index is -0.0738. The van der Waals surface area contributed by atoms with Crippen molar-refractivity contribution >= 4 is 39.2 Å². The molecule has 2 N–H and O–H groups in total. The fourth-order valence-corrected chi connectivity index (χ4v) is 3.96. The summed E-state index contributed by atoms with van der Waals surface area (Å²) in [5.74, 6) is 0.319. The molecule has 3 amide bonds. The molecule has 1 heterocycles. The SMILES string of the molecule is Cc1ccc(NC(=O)N2CCC(CC(=O)Nc3ccc(C)cc3Br)CC2)cc1. The third-order valence-electron chi connectivity index (χ3n) is 5.08. The number of hydrogen-bond donors (Lipinski definition) is 2. The molecule has 2 aromatic rings. The van der Waals surface area contributed by atoms with Crippen molar-refractivity contribution in [1.82, 2.24) is 4.90 Å². The first-order valence-corrected chi connectivity index (χ1v) is 10.4. The van der Waals surface area contributed by atoms with E-state index in [0.29, 0.717) is 25.4 Å². The van der Waals surface area contributed by atoms with Gasteiger partial charge in [0.2, 0.25) is 5.91 Å². The third-order valence-corrected chi connectivity index (χ3v) is 5.73. The summed E-state index contributed by atoms with van der Waals surface area (Å²) >= 11 is 3.49. The molecule has 1 aliphatic heterocycles. The second-order valence-corrected chi connectivity index (χ2v) is 8.32. The Morgan fingerprint density at radius 2 is 1.64 bits per heavy atom. The maximum atomic E-state index is 12.4. The second-order valence-electron chi connectivity index (χ2n) is 7.46. The van der Waals surface area contributed by atoms with Gasteiger partial charge in [0, 0.05) is 29.7 Å². The molecule has 2 aromatic carbocycles. The molecule has 3 rings (SSSR count). The quantitative estimate of drug-likeness (QED) is 0.669. The van der Waals surface area contributed by atoms with Crippen LogP contribution in [0.25, 0.3) is 0 Å². The number of piperidine rings is 1. The molecule has 0 atom stereocenters. The van der Waals surface area contributed by atoms with Gasteiger partial charge in [-0.1, -0.05) is 23.8 Å². The molecule has 1 aliphatic rings. The molecular weight excluding hydrogens is 418 g/mol. The number of hydrogen-bond acceptors (Lipinski definition) is 2. The highest BCUT2D eigenvalue weighted by Crippen LogP contribution is 2.26. The number of aryl methyl sites for hydroxylation is 2. The van der Waals surface area contributed by atoms with Gasteiger partial charge in [0.25, 0.3) is 0 Å². The van der Waals surface area contributed by atoms with E-state index in [1.54, 1.807) is 0 Å². The number of urea groups is 1. The highest BCUT2D eigenvalue weighted by Gasteiger charge is 2.24. The highest BCUT2D eigenvalue weighted by molar-refractivity contribution is 9.10. The topological polar surface area (TPSA) is 61.4 Å². The summed E-state index contributed by atoms with van der Waals surface area (Å²) in [4.78, 5) is 26.6. The van der Waals surface area contributed by atoms with Crippen LogP contribution < -0.4 is 10.6 Å². The first-order chi connectivity index (χ1) is 13.4. The van der Waals surface area contributed by atoms with Crippen LogP contribution in [0.5, 0.6) is 0 Å². The van der Waals surface area contributed by atoms with Gasteiger partial charge >= 0.3 is 6.03 Å². The van der Waals surface area contributed by atoms with Gasteiger partial charge in [-0.05, 0) is 78.4 Å². The van der Waals surface area contributed by atoms with E-state index in [0.717, 1.165) is 39.8 Å². The smallest absolute Gasteiger partial charge is 0.321 e. The van der Waals surface area contributed by atoms with Crippen LogP contribution in [0.3, 0.4) is 0 Å². The van der Waals surface area contributed by atoms with Gasteiger partial charge in [-0.2, -0.15) is 0 Å². The van der Waals surface area contributed by atoms with Crippen molar-refractivity contribution in [3.05, 3.63) is 58.1 Å². The summed E-state index contributed by atoms with van der Waals surface area (Å²) in [6.45, 7) is 5.37. The van der Waals surface area contributed by atoms with Crippen molar-refractivity contribution in [1.29, 1.82) is 0 Å². The molecule has 0 spiro atoms. The Balaban J connectivity index is 1.45. The Morgan fingerprint density at radius 3 is 2.29 bits per heavy atom. The molecule has 0 radical (unpaired) electrons. The van der Waals surface area contributed by atoms with Crippen LogP contribution in [0.2, 0.25) is 0 Å². The molecule has 1 fully saturated rings. The van der Waals surface area contributed by atoms with Crippen molar-refractivity contribution in [2.75, 3.05) is 23.7 Å². The molecule has 28 heavy (non-hydrogen) atoms. The van der Waals surface area contributed by atoms with Crippen LogP contribution >= 0.6 is 15.9 Å². The molecule has 0 bridgehead atoms. The van der Waals surface area contributed by atoms with Gasteiger partial charge < -0.3 is 15.5 Å². The Hall–Kier alpha value is -2.34. The van der Waals surface area contributed by atoms with Crippen LogP contribution in [-0.2, 0) is 4.79 Å². The lowest BCUT2D eigenvalue weighted by molar-refractivity contribution is -0.117. The molecule has 0 unspecified atom stereocenters. The number of likely N-dealkylation sites (tertiary alicyclic amines) is 1. The normalized spacial score (nSPS) is 14.6. The highest BCUT2D eigenvalue weighted by atomic mass is 79.9. The van der Waals surface area contributed by atoms with E-state index in [4.69, 9.17) is 0 Å². The van der Waals surface area contributed by atoms with Crippen molar-refractivity contribution in [2.45, 2.75) is 33.1 Å². The Morgan fingerprint density at radius 1 is 1.00 bits per heavy atom. The van der Waals surface area contributed by atoms with Gasteiger partial charge in [0.05, 0.1) is 5.69 Å². The lowest BCUT2D eigenvalue weighted by Gasteiger charge is -2.31. The fraction of sp³-hybridized carbons (Fsp3) is 0.364. The monoisotopic (exact) mass is 443 g/mol. The average Bonchev–Trinajstić information content (AvgIpc) is 2.66. The van der Waals surface area contributed by atoms with Crippen LogP contribution in [0.1, 0.15) is 30.4 Å². The standard InChI is InChI=1S/C22H26BrN3O2/c1-15-3-6-18(7-4-15)24-22(28)26-11-9-17(10-12-26)14-21(27)25-20-8-5-16(2)13-19(20)23/h3-8,13,17H,9-12,14H2,1-2H3,(H,24,28)(H,25,27). The molecule has 0 saturated carbocycles. The van der Waals surface area contributed by atoms with Gasteiger partial charge in [0.1, 0.15) is 0 Å². The number of halogens is 1. The predicted octanol–water partition coefficient (Wildman–Crippen LogP) is 5.34. The van der Waals surface area contributed by atoms with Crippen LogP contribution in [0, 0.1) is 19.8 Å². The van der Waals surface area contributed by atoms with E-state index in [9.17, 15) is 9.59 Å². The lowest BCUT2D eigenvalue weighted by atomic mass is 9.93. The number of rotatable bonds is 4. The molecule has 0 aliphatic carbocycles. The van der Waals surface area contributed by atoms with Gasteiger partial charge in [-0.3, -0.25) is 4.79 Å². The summed E-state index contributed by atoms with van der Waals surface area (Å²) in [7, 11) is 0. The number of amides is 3. The van der Waals surface area contributed by atoms with E-state index in [-0.39, 0.29) is 11.9 Å². The number of carbonyl (C=O) groups is 2. The zero-order valence-electron chi connectivity index (χ0n) is 16.3. The zero-order valence-corrected chi connectivity index (χ0v) is 17.9. The molecule has 5 nitrogen and oxygen atoms in total.